The van der Waals surface area contributed by atoms with Crippen LogP contribution in [0.15, 0.2) is 75.9 Å². The van der Waals surface area contributed by atoms with E-state index in [9.17, 15) is 9.59 Å². The highest BCUT2D eigenvalue weighted by atomic mass is 32.2. The van der Waals surface area contributed by atoms with Crippen LogP contribution in [-0.2, 0) is 20.9 Å². The van der Waals surface area contributed by atoms with Crippen molar-refractivity contribution in [2.75, 3.05) is 14.2 Å². The van der Waals surface area contributed by atoms with Crippen LogP contribution >= 0.6 is 11.8 Å². The summed E-state index contributed by atoms with van der Waals surface area (Å²) in [6.07, 6.45) is 0.824. The molecule has 0 aromatic heterocycles. The molecule has 0 bridgehead atoms. The molecule has 2 heterocycles. The number of amidine groups is 1. The van der Waals surface area contributed by atoms with E-state index < -0.39 is 6.04 Å². The van der Waals surface area contributed by atoms with E-state index in [2.05, 4.69) is 18.2 Å². The Labute approximate surface area is 211 Å². The maximum absolute atomic E-state index is 13.2. The lowest BCUT2D eigenvalue weighted by atomic mass is 9.89. The third kappa shape index (κ3) is 5.05. The lowest BCUT2D eigenvalue weighted by molar-refractivity contribution is -0.136. The number of esters is 1. The van der Waals surface area contributed by atoms with Gasteiger partial charge < -0.3 is 14.5 Å². The number of amides is 1. The summed E-state index contributed by atoms with van der Waals surface area (Å²) in [6, 6.07) is 15.8. The number of allylic oxidation sites excluding steroid dienone is 1. The maximum atomic E-state index is 13.2. The van der Waals surface area contributed by atoms with E-state index in [4.69, 9.17) is 9.73 Å². The van der Waals surface area contributed by atoms with Crippen LogP contribution in [-0.4, -0.2) is 41.0 Å². The number of thioether (sulfide) groups is 1. The van der Waals surface area contributed by atoms with Crippen LogP contribution in [0.3, 0.4) is 0 Å². The van der Waals surface area contributed by atoms with Crippen LogP contribution in [0, 0.1) is 13.8 Å². The number of nitrogens with zero attached hydrogens (tertiary/aromatic N) is 3. The first kappa shape index (κ1) is 24.8. The summed E-state index contributed by atoms with van der Waals surface area (Å²) in [4.78, 5) is 34.9. The van der Waals surface area contributed by atoms with Crippen LogP contribution in [0.5, 0.6) is 0 Å². The van der Waals surface area contributed by atoms with Gasteiger partial charge in [0.1, 0.15) is 0 Å². The number of aryl methyl sites for hydroxylation is 2. The molecule has 6 nitrogen and oxygen atoms in total. The van der Waals surface area contributed by atoms with Crippen LogP contribution in [0.4, 0.5) is 0 Å². The molecule has 0 saturated heterocycles. The Bertz CT molecular complexity index is 1230. The number of hydrogen-bond acceptors (Lipinski definition) is 6. The maximum Gasteiger partial charge on any atom is 0.338 e. The lowest BCUT2D eigenvalue weighted by Crippen LogP contribution is -2.38. The third-order valence-electron chi connectivity index (χ3n) is 6.38. The topological polar surface area (TPSA) is 62.2 Å². The molecular weight excluding hydrogens is 458 g/mol. The van der Waals surface area contributed by atoms with Gasteiger partial charge in [0.25, 0.3) is 0 Å². The number of carbonyl (C=O) groups excluding carboxylic acids is 2. The van der Waals surface area contributed by atoms with Gasteiger partial charge in [0.05, 0.1) is 30.8 Å². The third-order valence-corrected chi connectivity index (χ3v) is 7.27. The fraction of sp³-hybridized carbons (Fsp3) is 0.321. The first-order chi connectivity index (χ1) is 16.8. The average molecular weight is 490 g/mol. The number of methoxy groups -OCH3 is 1. The quantitative estimate of drug-likeness (QED) is 0.481. The van der Waals surface area contributed by atoms with E-state index in [1.54, 1.807) is 4.90 Å². The predicted octanol–water partition coefficient (Wildman–Crippen LogP) is 5.49. The summed E-state index contributed by atoms with van der Waals surface area (Å²) >= 11 is 1.50. The minimum Gasteiger partial charge on any atom is -0.466 e. The van der Waals surface area contributed by atoms with Gasteiger partial charge in [0, 0.05) is 19.3 Å². The van der Waals surface area contributed by atoms with Gasteiger partial charge in [-0.1, -0.05) is 72.8 Å². The normalized spacial score (nSPS) is 17.1. The van der Waals surface area contributed by atoms with Crippen LogP contribution < -0.4 is 0 Å². The van der Waals surface area contributed by atoms with E-state index in [-0.39, 0.29) is 18.3 Å². The second-order valence-corrected chi connectivity index (χ2v) is 9.71. The molecular formula is C28H31N3O3S. The average Bonchev–Trinajstić information content (AvgIpc) is 3.26. The van der Waals surface area contributed by atoms with E-state index >= 15 is 0 Å². The first-order valence-corrected chi connectivity index (χ1v) is 12.6. The van der Waals surface area contributed by atoms with Gasteiger partial charge in [-0.25, -0.2) is 9.79 Å². The Hall–Kier alpha value is -3.32. The van der Waals surface area contributed by atoms with Gasteiger partial charge in [0.2, 0.25) is 5.91 Å². The summed E-state index contributed by atoms with van der Waals surface area (Å²) in [5.41, 5.74) is 6.36. The number of benzene rings is 2. The minimum absolute atomic E-state index is 0.00607. The van der Waals surface area contributed by atoms with Gasteiger partial charge in [-0.3, -0.25) is 4.79 Å². The first-order valence-electron chi connectivity index (χ1n) is 11.7. The van der Waals surface area contributed by atoms with Gasteiger partial charge >= 0.3 is 5.97 Å². The summed E-state index contributed by atoms with van der Waals surface area (Å²) in [6.45, 7) is 6.62. The van der Waals surface area contributed by atoms with Crippen molar-refractivity contribution in [3.05, 3.63) is 93.2 Å². The molecule has 0 saturated carbocycles. The number of fused-ring (bicyclic) bond motifs is 1. The Balaban J connectivity index is 1.70. The minimum atomic E-state index is -0.404. The fourth-order valence-electron chi connectivity index (χ4n) is 4.50. The molecule has 0 fully saturated rings. The van der Waals surface area contributed by atoms with E-state index in [0.29, 0.717) is 18.5 Å². The molecule has 2 aromatic carbocycles. The Morgan fingerprint density at radius 1 is 1.14 bits per heavy atom. The zero-order valence-electron chi connectivity index (χ0n) is 20.9. The molecule has 1 atom stereocenters. The number of hydrogen-bond donors (Lipinski definition) is 0. The molecule has 2 aliphatic heterocycles. The molecule has 0 spiro atoms. The largest absolute Gasteiger partial charge is 0.466 e. The molecule has 2 aromatic rings. The summed E-state index contributed by atoms with van der Waals surface area (Å²) in [5, 5.41) is 2.77. The van der Waals surface area contributed by atoms with Gasteiger partial charge in [-0.2, -0.15) is 0 Å². The lowest BCUT2D eigenvalue weighted by Gasteiger charge is -2.37. The molecule has 0 radical (unpaired) electrons. The van der Waals surface area contributed by atoms with E-state index in [0.717, 1.165) is 38.8 Å². The Morgan fingerprint density at radius 3 is 2.57 bits per heavy atom. The SMILES string of the molecule is CCC1=C(C(=O)OC)C(c2cc(C)ccc2C)N2C(CC(=O)N(C)Cc3ccccc3)=CSC2=N1. The zero-order valence-corrected chi connectivity index (χ0v) is 21.7. The fourth-order valence-corrected chi connectivity index (χ4v) is 5.43. The monoisotopic (exact) mass is 489 g/mol. The molecule has 35 heavy (non-hydrogen) atoms. The Morgan fingerprint density at radius 2 is 1.89 bits per heavy atom. The van der Waals surface area contributed by atoms with Crippen molar-refractivity contribution in [1.29, 1.82) is 0 Å². The van der Waals surface area contributed by atoms with Crippen molar-refractivity contribution in [3.8, 4) is 0 Å². The molecule has 0 aliphatic carbocycles. The van der Waals surface area contributed by atoms with E-state index in [1.807, 2.05) is 68.5 Å². The van der Waals surface area contributed by atoms with Crippen molar-refractivity contribution >= 4 is 28.8 Å². The van der Waals surface area contributed by atoms with Crippen molar-refractivity contribution in [3.63, 3.8) is 0 Å². The number of ether oxygens (including phenoxy) is 1. The summed E-state index contributed by atoms with van der Waals surface area (Å²) in [7, 11) is 3.22. The van der Waals surface area contributed by atoms with Gasteiger partial charge in [0.15, 0.2) is 5.17 Å². The second-order valence-electron chi connectivity index (χ2n) is 8.87. The van der Waals surface area contributed by atoms with Gasteiger partial charge in [-0.15, -0.1) is 0 Å². The molecule has 0 N–H and O–H groups in total. The summed E-state index contributed by atoms with van der Waals surface area (Å²) in [5.74, 6) is -0.383. The van der Waals surface area contributed by atoms with Crippen LogP contribution in [0.1, 0.15) is 48.1 Å². The van der Waals surface area contributed by atoms with Crippen molar-refractivity contribution in [1.82, 2.24) is 9.80 Å². The molecule has 7 heteroatoms. The standard InChI is InChI=1S/C28H31N3O3S/c1-6-23-25(27(33)34-5)26(22-14-18(2)12-13-19(22)3)31-21(17-35-28(31)29-23)15-24(32)30(4)16-20-10-8-7-9-11-20/h7-14,17,26H,6,15-16H2,1-5H3. The molecule has 4 rings (SSSR count). The predicted molar refractivity (Wildman–Crippen MR) is 140 cm³/mol. The number of carbonyl (C=O) groups is 2. The molecule has 1 amide bonds. The van der Waals surface area contributed by atoms with Crippen molar-refractivity contribution in [2.24, 2.45) is 4.99 Å². The van der Waals surface area contributed by atoms with Crippen molar-refractivity contribution < 1.29 is 14.3 Å². The Kier molecular flexibility index (Phi) is 7.45. The second kappa shape index (κ2) is 10.5. The van der Waals surface area contributed by atoms with Crippen LogP contribution in [0.25, 0.3) is 0 Å². The highest BCUT2D eigenvalue weighted by Crippen LogP contribution is 2.46. The zero-order chi connectivity index (χ0) is 25.1. The van der Waals surface area contributed by atoms with Gasteiger partial charge in [-0.05, 0) is 42.4 Å². The molecule has 1 unspecified atom stereocenters. The molecule has 182 valence electrons. The van der Waals surface area contributed by atoms with E-state index in [1.165, 1.54) is 18.9 Å². The smallest absolute Gasteiger partial charge is 0.338 e. The van der Waals surface area contributed by atoms with Crippen molar-refractivity contribution in [2.45, 2.75) is 46.2 Å². The molecule has 2 aliphatic rings. The highest BCUT2D eigenvalue weighted by molar-refractivity contribution is 8.16. The number of aliphatic imine (C=N–C) groups is 1. The van der Waals surface area contributed by atoms with Crippen LogP contribution in [0.2, 0.25) is 0 Å². The number of rotatable bonds is 7. The highest BCUT2D eigenvalue weighted by Gasteiger charge is 2.42. The summed E-state index contributed by atoms with van der Waals surface area (Å²) < 4.78 is 5.22.